The van der Waals surface area contributed by atoms with Gasteiger partial charge in [0.1, 0.15) is 0 Å². The van der Waals surface area contributed by atoms with Gasteiger partial charge in [0.2, 0.25) is 0 Å². The topological polar surface area (TPSA) is 26.0 Å². The molecule has 0 radical (unpaired) electrons. The molecule has 1 nitrogen and oxygen atoms in total. The fourth-order valence-corrected chi connectivity index (χ4v) is 3.46. The van der Waals surface area contributed by atoms with Gasteiger partial charge in [-0.05, 0) is 24.5 Å². The molecule has 2 unspecified atom stereocenters. The van der Waals surface area contributed by atoms with E-state index in [1.54, 1.807) is 0 Å². The Balaban J connectivity index is 2.57. The van der Waals surface area contributed by atoms with E-state index in [0.29, 0.717) is 4.75 Å². The predicted octanol–water partition coefficient (Wildman–Crippen LogP) is 2.26. The lowest BCUT2D eigenvalue weighted by molar-refractivity contribution is 0.476. The summed E-state index contributed by atoms with van der Waals surface area (Å²) in [5.74, 6) is 2.04. The molecule has 0 aliphatic heterocycles. The highest BCUT2D eigenvalue weighted by atomic mass is 32.2. The predicted molar refractivity (Wildman–Crippen MR) is 52.9 cm³/mol. The summed E-state index contributed by atoms with van der Waals surface area (Å²) in [5, 5.41) is 0. The molecule has 0 spiro atoms. The summed E-state index contributed by atoms with van der Waals surface area (Å²) in [6.45, 7) is 5.45. The molecule has 1 aliphatic rings. The second-order valence-electron chi connectivity index (χ2n) is 3.50. The summed E-state index contributed by atoms with van der Waals surface area (Å²) in [7, 11) is 0. The van der Waals surface area contributed by atoms with Crippen LogP contribution in [0.3, 0.4) is 0 Å². The van der Waals surface area contributed by atoms with E-state index in [1.165, 1.54) is 25.0 Å². The van der Waals surface area contributed by atoms with Gasteiger partial charge in [-0.1, -0.05) is 20.3 Å². The zero-order valence-electron chi connectivity index (χ0n) is 7.60. The first kappa shape index (κ1) is 9.40. The molecule has 2 heteroatoms. The third-order valence-electron chi connectivity index (χ3n) is 2.91. The van der Waals surface area contributed by atoms with Gasteiger partial charge in [-0.25, -0.2) is 0 Å². The molecule has 0 heterocycles. The lowest BCUT2D eigenvalue weighted by Gasteiger charge is -2.31. The second-order valence-corrected chi connectivity index (χ2v) is 5.17. The lowest BCUT2D eigenvalue weighted by Crippen LogP contribution is -2.36. The Labute approximate surface area is 74.1 Å². The molecule has 1 aliphatic carbocycles. The Morgan fingerprint density at radius 3 is 2.73 bits per heavy atom. The van der Waals surface area contributed by atoms with Crippen molar-refractivity contribution in [2.75, 3.05) is 12.3 Å². The first-order chi connectivity index (χ1) is 5.25. The first-order valence-electron chi connectivity index (χ1n) is 4.59. The molecule has 66 valence electrons. The third kappa shape index (κ3) is 1.73. The normalized spacial score (nSPS) is 37.9. The van der Waals surface area contributed by atoms with Crippen molar-refractivity contribution < 1.29 is 0 Å². The highest BCUT2D eigenvalue weighted by Gasteiger charge is 2.38. The summed E-state index contributed by atoms with van der Waals surface area (Å²) < 4.78 is 0.439. The Hall–Kier alpha value is 0.310. The maximum absolute atomic E-state index is 5.82. The lowest BCUT2D eigenvalue weighted by atomic mass is 9.97. The van der Waals surface area contributed by atoms with E-state index in [2.05, 4.69) is 25.6 Å². The fourth-order valence-electron chi connectivity index (χ4n) is 2.08. The van der Waals surface area contributed by atoms with E-state index in [9.17, 15) is 0 Å². The monoisotopic (exact) mass is 173 g/mol. The summed E-state index contributed by atoms with van der Waals surface area (Å²) in [4.78, 5) is 0. The van der Waals surface area contributed by atoms with Crippen LogP contribution in [-0.2, 0) is 0 Å². The van der Waals surface area contributed by atoms with Crippen molar-refractivity contribution in [2.45, 2.75) is 37.9 Å². The molecular weight excluding hydrogens is 154 g/mol. The van der Waals surface area contributed by atoms with E-state index in [-0.39, 0.29) is 0 Å². The summed E-state index contributed by atoms with van der Waals surface area (Å²) >= 11 is 2.07. The van der Waals surface area contributed by atoms with Crippen molar-refractivity contribution in [1.82, 2.24) is 0 Å². The van der Waals surface area contributed by atoms with Crippen LogP contribution in [0.2, 0.25) is 0 Å². The van der Waals surface area contributed by atoms with Gasteiger partial charge in [0.05, 0.1) is 0 Å². The van der Waals surface area contributed by atoms with Crippen molar-refractivity contribution in [2.24, 2.45) is 11.7 Å². The third-order valence-corrected chi connectivity index (χ3v) is 4.55. The highest BCUT2D eigenvalue weighted by Crippen LogP contribution is 2.44. The van der Waals surface area contributed by atoms with Gasteiger partial charge >= 0.3 is 0 Å². The van der Waals surface area contributed by atoms with Crippen molar-refractivity contribution >= 4 is 11.8 Å². The number of hydrogen-bond acceptors (Lipinski definition) is 2. The minimum Gasteiger partial charge on any atom is -0.329 e. The van der Waals surface area contributed by atoms with Gasteiger partial charge in [0.25, 0.3) is 0 Å². The maximum Gasteiger partial charge on any atom is 0.0307 e. The van der Waals surface area contributed by atoms with Crippen molar-refractivity contribution in [3.8, 4) is 0 Å². The summed E-state index contributed by atoms with van der Waals surface area (Å²) in [5.41, 5.74) is 5.82. The van der Waals surface area contributed by atoms with Gasteiger partial charge in [0.15, 0.2) is 0 Å². The molecule has 0 aromatic carbocycles. The smallest absolute Gasteiger partial charge is 0.0307 e. The molecule has 0 amide bonds. The Bertz CT molecular complexity index is 127. The molecule has 0 aromatic rings. The number of nitrogens with two attached hydrogens (primary N) is 1. The zero-order valence-corrected chi connectivity index (χ0v) is 8.41. The average molecular weight is 173 g/mol. The minimum atomic E-state index is 0.439. The van der Waals surface area contributed by atoms with Gasteiger partial charge in [-0.15, -0.1) is 0 Å². The van der Waals surface area contributed by atoms with Crippen LogP contribution in [-0.4, -0.2) is 17.0 Å². The molecule has 1 rings (SSSR count). The Kier molecular flexibility index (Phi) is 3.26. The average Bonchev–Trinajstić information content (AvgIpc) is 2.35. The maximum atomic E-state index is 5.82. The number of hydrogen-bond donors (Lipinski definition) is 1. The first-order valence-corrected chi connectivity index (χ1v) is 5.58. The SMILES string of the molecule is CCSC1(CN)CCCC1C. The van der Waals surface area contributed by atoms with Crippen molar-refractivity contribution in [3.05, 3.63) is 0 Å². The summed E-state index contributed by atoms with van der Waals surface area (Å²) in [6, 6.07) is 0. The molecule has 2 N–H and O–H groups in total. The molecular formula is C9H19NS. The highest BCUT2D eigenvalue weighted by molar-refractivity contribution is 8.00. The molecule has 1 fully saturated rings. The standard InChI is InChI=1S/C9H19NS/c1-3-11-9(7-10)6-4-5-8(9)2/h8H,3-7,10H2,1-2H3. The van der Waals surface area contributed by atoms with Gasteiger partial charge < -0.3 is 5.73 Å². The van der Waals surface area contributed by atoms with Gasteiger partial charge in [-0.2, -0.15) is 11.8 Å². The van der Waals surface area contributed by atoms with Crippen LogP contribution in [0.25, 0.3) is 0 Å². The quantitative estimate of drug-likeness (QED) is 0.708. The van der Waals surface area contributed by atoms with Gasteiger partial charge in [0, 0.05) is 11.3 Å². The van der Waals surface area contributed by atoms with E-state index in [4.69, 9.17) is 5.73 Å². The van der Waals surface area contributed by atoms with Crippen molar-refractivity contribution in [1.29, 1.82) is 0 Å². The number of thioether (sulfide) groups is 1. The Morgan fingerprint density at radius 2 is 2.36 bits per heavy atom. The molecule has 11 heavy (non-hydrogen) atoms. The second kappa shape index (κ2) is 3.81. The Morgan fingerprint density at radius 1 is 1.64 bits per heavy atom. The van der Waals surface area contributed by atoms with Crippen LogP contribution in [0.1, 0.15) is 33.1 Å². The van der Waals surface area contributed by atoms with Crippen LogP contribution in [0, 0.1) is 5.92 Å². The minimum absolute atomic E-state index is 0.439. The van der Waals surface area contributed by atoms with Crippen LogP contribution < -0.4 is 5.73 Å². The van der Waals surface area contributed by atoms with Gasteiger partial charge in [-0.3, -0.25) is 0 Å². The molecule has 2 atom stereocenters. The van der Waals surface area contributed by atoms with Crippen LogP contribution in [0.15, 0.2) is 0 Å². The van der Waals surface area contributed by atoms with Crippen LogP contribution in [0.5, 0.6) is 0 Å². The van der Waals surface area contributed by atoms with E-state index < -0.39 is 0 Å². The van der Waals surface area contributed by atoms with E-state index in [0.717, 1.165) is 12.5 Å². The zero-order chi connectivity index (χ0) is 8.32. The van der Waals surface area contributed by atoms with Crippen LogP contribution in [0.4, 0.5) is 0 Å². The molecule has 0 bridgehead atoms. The molecule has 0 saturated heterocycles. The fraction of sp³-hybridized carbons (Fsp3) is 1.00. The van der Waals surface area contributed by atoms with Crippen LogP contribution >= 0.6 is 11.8 Å². The number of rotatable bonds is 3. The molecule has 1 saturated carbocycles. The van der Waals surface area contributed by atoms with Crippen molar-refractivity contribution in [3.63, 3.8) is 0 Å². The van der Waals surface area contributed by atoms with E-state index in [1.807, 2.05) is 0 Å². The summed E-state index contributed by atoms with van der Waals surface area (Å²) in [6.07, 6.45) is 4.10. The van der Waals surface area contributed by atoms with E-state index >= 15 is 0 Å². The molecule has 0 aromatic heterocycles. The largest absolute Gasteiger partial charge is 0.329 e.